The Morgan fingerprint density at radius 2 is 0.946 bits per heavy atom. The maximum atomic E-state index is 13.1. The van der Waals surface area contributed by atoms with Crippen molar-refractivity contribution >= 4 is 120 Å². The van der Waals surface area contributed by atoms with Crippen LogP contribution in [-0.4, -0.2) is 137 Å². The van der Waals surface area contributed by atoms with Gasteiger partial charge in [0.15, 0.2) is 15.4 Å². The van der Waals surface area contributed by atoms with Gasteiger partial charge >= 0.3 is 6.18 Å². The molecule has 3 atom stereocenters. The predicted molar refractivity (Wildman–Crippen MR) is 429 cm³/mol. The molecule has 584 valence electrons. The second-order valence-electron chi connectivity index (χ2n) is 28.6. The maximum absolute atomic E-state index is 13.1. The Labute approximate surface area is 654 Å². The minimum absolute atomic E-state index is 0.0129. The van der Waals surface area contributed by atoms with Gasteiger partial charge < -0.3 is 65.5 Å². The number of oxazole rings is 2. The number of piperidine rings is 3. The van der Waals surface area contributed by atoms with Crippen molar-refractivity contribution in [2.45, 2.75) is 142 Å². The monoisotopic (exact) mass is 1570 g/mol. The van der Waals surface area contributed by atoms with Crippen molar-refractivity contribution in [1.82, 2.24) is 44.6 Å². The molecule has 3 saturated heterocycles. The van der Waals surface area contributed by atoms with Gasteiger partial charge in [0, 0.05) is 143 Å². The molecule has 9 heterocycles. The summed E-state index contributed by atoms with van der Waals surface area (Å²) in [6.45, 7) is 29.0. The highest BCUT2D eigenvalue weighted by Crippen LogP contribution is 2.34. The van der Waals surface area contributed by atoms with E-state index in [1.54, 1.807) is 119 Å². The number of anilines is 7. The number of amides is 6. The molecule has 0 radical (unpaired) electrons. The second kappa shape index (κ2) is 38.0. The number of hydrogen-bond donors (Lipinski definition) is 7. The van der Waals surface area contributed by atoms with Gasteiger partial charge in [0.25, 0.3) is 17.7 Å². The molecule has 3 fully saturated rings. The number of carbonyl (C=O) groups excluding carboxylic acids is 6. The van der Waals surface area contributed by atoms with Gasteiger partial charge in [0.2, 0.25) is 29.5 Å². The molecule has 31 heteroatoms. The Morgan fingerprint density at radius 1 is 0.523 bits per heavy atom. The zero-order chi connectivity index (χ0) is 79.4. The van der Waals surface area contributed by atoms with Crippen LogP contribution in [0.5, 0.6) is 0 Å². The number of rotatable bonds is 24. The molecule has 25 nitrogen and oxygen atoms in total. The fourth-order valence-electron chi connectivity index (χ4n) is 11.8. The van der Waals surface area contributed by atoms with Crippen LogP contribution in [0, 0.1) is 6.92 Å². The Balaban J connectivity index is 0.000000177. The summed E-state index contributed by atoms with van der Waals surface area (Å²) in [5, 5.41) is 23.6. The van der Waals surface area contributed by atoms with E-state index in [2.05, 4.69) is 128 Å². The van der Waals surface area contributed by atoms with Gasteiger partial charge in [-0.25, -0.2) is 29.9 Å². The Hall–Kier alpha value is -11.2. The standard InChI is InChI=1S/C27H33N5O4S.C27H31N5O3S.C26H27F3N6O2S/c1-5-23(33)30-19-10-8-18(9-11-19)25(34)32-12-6-7-20(15-32)31-26-29-13-21(37-26)16-35-17-24-28-14-22(36-24)27(2,3)4;1-5-23(33)30-19-10-8-18(9-11-19)25(34)32-14-6-7-20(17-32)31-26-29-15-21(36-26)12-13-24-28-16-22(35-24)27(2,3)4;1-3-23(36)33-18-8-6-17(7-9-18)24(37)35-10-4-5-19(15-35)34-25-32-14-20(38-25)13-31-22-11-21(26(27,28)29)16(2)12-30-22/h5,8-11,13-14,20H,1,6-7,12,15-17H2,2-4H3,(H,29,31)(H,30,33);5,8-13,15-16,20H,1,6-7,14,17H2,2-4H3,(H,29,31)(H,30,33);3,6-9,11-12,14,19H,1,4-5,10,13,15H2,2H3,(H,30,31)(H,32,34)(H,33,36)/b;13-12+;/t2*20-;19-/m111/s1. The Bertz CT molecular complexity index is 4730. The predicted octanol–water partition coefficient (Wildman–Crippen LogP) is 15.7. The van der Waals surface area contributed by atoms with Crippen LogP contribution < -0.4 is 37.2 Å². The molecule has 111 heavy (non-hydrogen) atoms. The quantitative estimate of drug-likeness (QED) is 0.0276. The highest BCUT2D eigenvalue weighted by atomic mass is 32.1. The van der Waals surface area contributed by atoms with Crippen molar-refractivity contribution in [1.29, 1.82) is 0 Å². The molecular formula is C80H91F3N16O9S3. The minimum atomic E-state index is -4.44. The minimum Gasteiger partial charge on any atom is -0.443 e. The van der Waals surface area contributed by atoms with Crippen molar-refractivity contribution in [3.63, 3.8) is 0 Å². The number of thiazole rings is 3. The molecule has 9 aromatic rings. The number of nitrogens with one attached hydrogen (secondary N) is 7. The van der Waals surface area contributed by atoms with E-state index in [-0.39, 0.29) is 82.3 Å². The lowest BCUT2D eigenvalue weighted by Gasteiger charge is -2.33. The Morgan fingerprint density at radius 3 is 1.38 bits per heavy atom. The molecule has 3 aliphatic rings. The third-order valence-corrected chi connectivity index (χ3v) is 20.5. The molecular weight excluding hydrogens is 1480 g/mol. The fourth-order valence-corrected chi connectivity index (χ4v) is 14.3. The molecule has 0 unspecified atom stereocenters. The summed E-state index contributed by atoms with van der Waals surface area (Å²) in [5.74, 6) is 1.93. The van der Waals surface area contributed by atoms with E-state index in [1.807, 2.05) is 34.3 Å². The van der Waals surface area contributed by atoms with E-state index >= 15 is 0 Å². The summed E-state index contributed by atoms with van der Waals surface area (Å²) in [4.78, 5) is 108. The zero-order valence-corrected chi connectivity index (χ0v) is 65.3. The van der Waals surface area contributed by atoms with E-state index in [1.165, 1.54) is 42.7 Å². The van der Waals surface area contributed by atoms with Crippen LogP contribution >= 0.6 is 34.0 Å². The van der Waals surface area contributed by atoms with E-state index in [0.29, 0.717) is 103 Å². The number of alkyl halides is 3. The number of likely N-dealkylation sites (tertiary alicyclic amines) is 3. The molecule has 0 bridgehead atoms. The lowest BCUT2D eigenvalue weighted by atomic mass is 9.94. The van der Waals surface area contributed by atoms with Gasteiger partial charge in [-0.3, -0.25) is 28.8 Å². The summed E-state index contributed by atoms with van der Waals surface area (Å²) in [7, 11) is 0. The molecule has 12 rings (SSSR count). The number of carbonyl (C=O) groups is 6. The van der Waals surface area contributed by atoms with Gasteiger partial charge in [0.05, 0.1) is 36.0 Å². The number of halogens is 3. The highest BCUT2D eigenvalue weighted by Gasteiger charge is 2.34. The fraction of sp³-hybridized carbons (Fsp3) is 0.350. The maximum Gasteiger partial charge on any atom is 0.416 e. The third kappa shape index (κ3) is 24.4. The van der Waals surface area contributed by atoms with E-state index in [4.69, 9.17) is 13.6 Å². The molecule has 3 aromatic carbocycles. The van der Waals surface area contributed by atoms with Gasteiger partial charge in [-0.1, -0.05) is 84.0 Å². The van der Waals surface area contributed by atoms with Crippen LogP contribution in [0.15, 0.2) is 163 Å². The van der Waals surface area contributed by atoms with E-state index in [9.17, 15) is 41.9 Å². The molecule has 3 aliphatic heterocycles. The molecule has 7 N–H and O–H groups in total. The number of pyridine rings is 1. The van der Waals surface area contributed by atoms with Crippen molar-refractivity contribution in [3.05, 3.63) is 220 Å². The van der Waals surface area contributed by atoms with E-state index in [0.717, 1.165) is 81.0 Å². The van der Waals surface area contributed by atoms with Gasteiger partial charge in [-0.2, -0.15) is 13.2 Å². The van der Waals surface area contributed by atoms with Crippen LogP contribution in [0.4, 0.5) is 51.4 Å². The van der Waals surface area contributed by atoms with Crippen LogP contribution in [0.3, 0.4) is 0 Å². The van der Waals surface area contributed by atoms with Gasteiger partial charge in [-0.05, 0) is 154 Å². The Kier molecular flexibility index (Phi) is 28.2. The third-order valence-electron chi connectivity index (χ3n) is 17.8. The topological polar surface area (TPSA) is 309 Å². The number of hydrogen-bond acceptors (Lipinski definition) is 22. The number of ether oxygens (including phenoxy) is 1. The normalized spacial score (nSPS) is 15.9. The first-order chi connectivity index (χ1) is 53.0. The molecule has 0 spiro atoms. The van der Waals surface area contributed by atoms with Crippen molar-refractivity contribution in [2.75, 3.05) is 76.5 Å². The molecule has 0 aliphatic carbocycles. The molecule has 6 aromatic heterocycles. The van der Waals surface area contributed by atoms with Crippen LogP contribution in [-0.2, 0) is 55.9 Å². The van der Waals surface area contributed by atoms with Gasteiger partial charge in [0.1, 0.15) is 23.9 Å². The van der Waals surface area contributed by atoms with Gasteiger partial charge in [-0.15, -0.1) is 11.3 Å². The van der Waals surface area contributed by atoms with Crippen molar-refractivity contribution < 1.29 is 55.5 Å². The number of aromatic nitrogens is 6. The zero-order valence-electron chi connectivity index (χ0n) is 62.9. The average Bonchev–Trinajstić information content (AvgIpc) is 1.28. The lowest BCUT2D eigenvalue weighted by molar-refractivity contribution is -0.138. The summed E-state index contributed by atoms with van der Waals surface area (Å²) in [6.07, 6.45) is 18.4. The summed E-state index contributed by atoms with van der Waals surface area (Å²) < 4.78 is 56.8. The summed E-state index contributed by atoms with van der Waals surface area (Å²) in [6, 6.07) is 21.8. The SMILES string of the molecule is C=CC(=O)Nc1ccc(C(=O)N2CCC[C@@H](Nc3ncc(/C=C/c4ncc(C(C)(C)C)o4)s3)C2)cc1.C=CC(=O)Nc1ccc(C(=O)N2CCC[C@@H](Nc3ncc(CNc4cc(C(F)(F)F)c(C)cn4)s3)C2)cc1.C=CC(=O)Nc1ccc(C(=O)N2CCC[C@@H](Nc3ncc(COCc4ncc(C(C)(C)C)o4)s3)C2)cc1. The molecule has 6 amide bonds. The largest absolute Gasteiger partial charge is 0.443 e. The highest BCUT2D eigenvalue weighted by molar-refractivity contribution is 7.16. The number of aryl methyl sites for hydroxylation is 1. The number of nitrogens with zero attached hydrogens (tertiary/aromatic N) is 9. The second-order valence-corrected chi connectivity index (χ2v) is 31.9. The van der Waals surface area contributed by atoms with Crippen LogP contribution in [0.2, 0.25) is 0 Å². The average molecular weight is 1570 g/mol. The first kappa shape index (κ1) is 82.3. The molecule has 0 saturated carbocycles. The van der Waals surface area contributed by atoms with Crippen LogP contribution in [0.1, 0.15) is 160 Å². The van der Waals surface area contributed by atoms with Crippen molar-refractivity contribution in [2.24, 2.45) is 0 Å². The smallest absolute Gasteiger partial charge is 0.416 e. The lowest BCUT2D eigenvalue weighted by Crippen LogP contribution is -2.45. The van der Waals surface area contributed by atoms with Crippen molar-refractivity contribution in [3.8, 4) is 0 Å². The first-order valence-corrected chi connectivity index (χ1v) is 38.6. The van der Waals surface area contributed by atoms with Crippen LogP contribution in [0.25, 0.3) is 12.2 Å². The summed E-state index contributed by atoms with van der Waals surface area (Å²) >= 11 is 4.48. The number of benzene rings is 3. The first-order valence-electron chi connectivity index (χ1n) is 36.1. The summed E-state index contributed by atoms with van der Waals surface area (Å²) in [5.41, 5.74) is 2.73. The van der Waals surface area contributed by atoms with E-state index < -0.39 is 11.7 Å².